The molecule has 0 atom stereocenters. The molecule has 0 amide bonds. The van der Waals surface area contributed by atoms with E-state index in [0.29, 0.717) is 18.2 Å². The van der Waals surface area contributed by atoms with E-state index in [4.69, 9.17) is 10.5 Å². The number of nitrogens with two attached hydrogens (primary N) is 1. The van der Waals surface area contributed by atoms with E-state index >= 15 is 0 Å². The summed E-state index contributed by atoms with van der Waals surface area (Å²) in [6.07, 6.45) is 4.12. The van der Waals surface area contributed by atoms with Crippen LogP contribution in [0.1, 0.15) is 13.3 Å². The zero-order valence-corrected chi connectivity index (χ0v) is 9.00. The van der Waals surface area contributed by atoms with Gasteiger partial charge in [0.2, 0.25) is 5.95 Å². The first-order valence-electron chi connectivity index (χ1n) is 5.06. The molecule has 2 aromatic heterocycles. The van der Waals surface area contributed by atoms with Crippen LogP contribution in [0.2, 0.25) is 0 Å². The summed E-state index contributed by atoms with van der Waals surface area (Å²) in [5.74, 6) is 1.49. The molecule has 0 spiro atoms. The molecule has 0 aliphatic heterocycles. The second-order valence-electron chi connectivity index (χ2n) is 3.22. The summed E-state index contributed by atoms with van der Waals surface area (Å²) in [7, 11) is 0. The van der Waals surface area contributed by atoms with Crippen molar-refractivity contribution in [2.75, 3.05) is 12.3 Å². The van der Waals surface area contributed by atoms with Crippen molar-refractivity contribution in [2.24, 2.45) is 0 Å². The third-order valence-electron chi connectivity index (χ3n) is 1.94. The fourth-order valence-electron chi connectivity index (χ4n) is 1.26. The van der Waals surface area contributed by atoms with E-state index in [-0.39, 0.29) is 5.95 Å². The summed E-state index contributed by atoms with van der Waals surface area (Å²) in [5.41, 5.74) is 5.45. The maximum absolute atomic E-state index is 5.56. The average molecular weight is 219 g/mol. The number of anilines is 1. The van der Waals surface area contributed by atoms with Gasteiger partial charge in [0.05, 0.1) is 6.61 Å². The number of ether oxygens (including phenoxy) is 1. The van der Waals surface area contributed by atoms with E-state index in [1.165, 1.54) is 11.0 Å². The van der Waals surface area contributed by atoms with Crippen LogP contribution < -0.4 is 10.5 Å². The molecular weight excluding hydrogens is 206 g/mol. The first-order valence-corrected chi connectivity index (χ1v) is 5.06. The Bertz CT molecular complexity index is 468. The van der Waals surface area contributed by atoms with Gasteiger partial charge < -0.3 is 10.5 Å². The largest absolute Gasteiger partial charge is 0.490 e. The second kappa shape index (κ2) is 4.61. The minimum Gasteiger partial charge on any atom is -0.490 e. The first kappa shape index (κ1) is 10.4. The maximum Gasteiger partial charge on any atom is 0.239 e. The van der Waals surface area contributed by atoms with Crippen LogP contribution in [0.3, 0.4) is 0 Å². The van der Waals surface area contributed by atoms with Crippen LogP contribution in [-0.4, -0.2) is 26.4 Å². The summed E-state index contributed by atoms with van der Waals surface area (Å²) >= 11 is 0. The molecule has 2 heterocycles. The second-order valence-corrected chi connectivity index (χ2v) is 3.22. The first-order chi connectivity index (χ1) is 7.81. The third-order valence-corrected chi connectivity index (χ3v) is 1.94. The number of nitrogens with zero attached hydrogens (tertiary/aromatic N) is 4. The summed E-state index contributed by atoms with van der Waals surface area (Å²) in [4.78, 5) is 8.04. The molecule has 0 aromatic carbocycles. The highest BCUT2D eigenvalue weighted by Crippen LogP contribution is 2.19. The van der Waals surface area contributed by atoms with Crippen molar-refractivity contribution in [3.8, 4) is 11.6 Å². The zero-order chi connectivity index (χ0) is 11.4. The fourth-order valence-corrected chi connectivity index (χ4v) is 1.26. The van der Waals surface area contributed by atoms with Gasteiger partial charge in [-0.25, -0.2) is 9.97 Å². The number of rotatable bonds is 4. The van der Waals surface area contributed by atoms with Crippen LogP contribution in [0.5, 0.6) is 5.75 Å². The average Bonchev–Trinajstić information content (AvgIpc) is 2.73. The predicted octanol–water partition coefficient (Wildman–Crippen LogP) is 1.03. The molecule has 0 bridgehead atoms. The number of hydrogen-bond acceptors (Lipinski definition) is 5. The number of hydrogen-bond donors (Lipinski definition) is 1. The minimum atomic E-state index is 0.215. The molecule has 0 aliphatic rings. The van der Waals surface area contributed by atoms with Gasteiger partial charge in [0.1, 0.15) is 6.33 Å². The highest BCUT2D eigenvalue weighted by molar-refractivity contribution is 5.39. The quantitative estimate of drug-likeness (QED) is 0.830. The lowest BCUT2D eigenvalue weighted by atomic mass is 10.4. The lowest BCUT2D eigenvalue weighted by Crippen LogP contribution is -2.04. The van der Waals surface area contributed by atoms with Gasteiger partial charge in [0.15, 0.2) is 11.6 Å². The Morgan fingerprint density at radius 2 is 2.31 bits per heavy atom. The predicted molar refractivity (Wildman–Crippen MR) is 59.4 cm³/mol. The SMILES string of the molecule is CCCOc1cccnc1-n1cnc(N)n1. The standard InChI is InChI=1S/C10H13N5O/c1-2-6-16-8-4-3-5-12-9(8)15-7-13-10(11)14-15/h3-5,7H,2,6H2,1H3,(H2,11,14). The monoisotopic (exact) mass is 219 g/mol. The molecule has 0 radical (unpaired) electrons. The van der Waals surface area contributed by atoms with E-state index in [9.17, 15) is 0 Å². The van der Waals surface area contributed by atoms with Gasteiger partial charge in [-0.05, 0) is 18.6 Å². The van der Waals surface area contributed by atoms with Crippen molar-refractivity contribution < 1.29 is 4.74 Å². The summed E-state index contributed by atoms with van der Waals surface area (Å²) in [6.45, 7) is 2.69. The molecule has 0 fully saturated rings. The van der Waals surface area contributed by atoms with Crippen LogP contribution >= 0.6 is 0 Å². The lowest BCUT2D eigenvalue weighted by molar-refractivity contribution is 0.314. The zero-order valence-electron chi connectivity index (χ0n) is 9.00. The lowest BCUT2D eigenvalue weighted by Gasteiger charge is -2.08. The van der Waals surface area contributed by atoms with Gasteiger partial charge in [-0.15, -0.1) is 5.10 Å². The van der Waals surface area contributed by atoms with E-state index in [1.807, 2.05) is 19.1 Å². The van der Waals surface area contributed by atoms with Crippen molar-refractivity contribution in [2.45, 2.75) is 13.3 Å². The van der Waals surface area contributed by atoms with Gasteiger partial charge >= 0.3 is 0 Å². The van der Waals surface area contributed by atoms with Crippen LogP contribution in [0, 0.1) is 0 Å². The van der Waals surface area contributed by atoms with E-state index in [0.717, 1.165) is 6.42 Å². The maximum atomic E-state index is 5.56. The topological polar surface area (TPSA) is 78.8 Å². The van der Waals surface area contributed by atoms with Crippen molar-refractivity contribution in [3.63, 3.8) is 0 Å². The number of aromatic nitrogens is 4. The minimum absolute atomic E-state index is 0.215. The van der Waals surface area contributed by atoms with E-state index in [1.54, 1.807) is 6.20 Å². The molecule has 2 N–H and O–H groups in total. The Morgan fingerprint density at radius 1 is 1.44 bits per heavy atom. The molecule has 6 nitrogen and oxygen atoms in total. The van der Waals surface area contributed by atoms with Crippen LogP contribution in [0.25, 0.3) is 5.82 Å². The van der Waals surface area contributed by atoms with Crippen molar-refractivity contribution in [3.05, 3.63) is 24.7 Å². The molecule has 84 valence electrons. The third kappa shape index (κ3) is 2.10. The van der Waals surface area contributed by atoms with E-state index < -0.39 is 0 Å². The van der Waals surface area contributed by atoms with Crippen molar-refractivity contribution in [1.82, 2.24) is 19.7 Å². The smallest absolute Gasteiger partial charge is 0.239 e. The van der Waals surface area contributed by atoms with Crippen LogP contribution in [-0.2, 0) is 0 Å². The van der Waals surface area contributed by atoms with Gasteiger partial charge in [0, 0.05) is 6.20 Å². The highest BCUT2D eigenvalue weighted by atomic mass is 16.5. The molecule has 16 heavy (non-hydrogen) atoms. The van der Waals surface area contributed by atoms with E-state index in [2.05, 4.69) is 15.1 Å². The molecule has 2 aromatic rings. The van der Waals surface area contributed by atoms with Crippen molar-refractivity contribution >= 4 is 5.95 Å². The molecule has 0 saturated carbocycles. The highest BCUT2D eigenvalue weighted by Gasteiger charge is 2.08. The Balaban J connectivity index is 2.32. The number of nitrogen functional groups attached to an aromatic ring is 1. The Hall–Kier alpha value is -2.11. The van der Waals surface area contributed by atoms with Gasteiger partial charge in [0.25, 0.3) is 0 Å². The molecule has 2 rings (SSSR count). The Kier molecular flexibility index (Phi) is 3.00. The summed E-state index contributed by atoms with van der Waals surface area (Å²) < 4.78 is 7.06. The molecule has 0 unspecified atom stereocenters. The fraction of sp³-hybridized carbons (Fsp3) is 0.300. The molecular formula is C10H13N5O. The van der Waals surface area contributed by atoms with Crippen LogP contribution in [0.15, 0.2) is 24.7 Å². The molecule has 0 saturated heterocycles. The Labute approximate surface area is 93.1 Å². The van der Waals surface area contributed by atoms with Gasteiger partial charge in [-0.2, -0.15) is 4.68 Å². The Morgan fingerprint density at radius 3 is 3.00 bits per heavy atom. The normalized spacial score (nSPS) is 10.3. The summed E-state index contributed by atoms with van der Waals surface area (Å²) in [5, 5.41) is 3.99. The molecule has 0 aliphatic carbocycles. The van der Waals surface area contributed by atoms with Gasteiger partial charge in [-0.1, -0.05) is 6.92 Å². The molecule has 6 heteroatoms. The van der Waals surface area contributed by atoms with Gasteiger partial charge in [-0.3, -0.25) is 0 Å². The number of pyridine rings is 1. The van der Waals surface area contributed by atoms with Crippen LogP contribution in [0.4, 0.5) is 5.95 Å². The van der Waals surface area contributed by atoms with Crippen molar-refractivity contribution in [1.29, 1.82) is 0 Å². The summed E-state index contributed by atoms with van der Waals surface area (Å²) in [6, 6.07) is 3.66.